The molecule has 5 nitrogen and oxygen atoms in total. The zero-order valence-electron chi connectivity index (χ0n) is 14.5. The number of nitrogens with zero attached hydrogens (tertiary/aromatic N) is 4. The van der Waals surface area contributed by atoms with E-state index in [0.717, 1.165) is 33.7 Å². The number of halogens is 1. The molecule has 0 aliphatic heterocycles. The van der Waals surface area contributed by atoms with Gasteiger partial charge in [0.05, 0.1) is 0 Å². The van der Waals surface area contributed by atoms with Crippen LogP contribution in [0.2, 0.25) is 5.02 Å². The number of aromatic nitrogens is 4. The molecule has 0 N–H and O–H groups in total. The monoisotopic (exact) mass is 364 g/mol. The first-order valence-electron chi connectivity index (χ1n) is 8.27. The number of hydrogen-bond acceptors (Lipinski definition) is 3. The molecule has 3 heterocycles. The van der Waals surface area contributed by atoms with Gasteiger partial charge < -0.3 is 4.57 Å². The van der Waals surface area contributed by atoms with Crippen LogP contribution in [0.15, 0.2) is 59.7 Å². The van der Waals surface area contributed by atoms with E-state index in [4.69, 9.17) is 11.6 Å². The molecule has 26 heavy (non-hydrogen) atoms. The molecule has 1 aromatic carbocycles. The van der Waals surface area contributed by atoms with Gasteiger partial charge in [-0.05, 0) is 53.9 Å². The number of benzene rings is 1. The van der Waals surface area contributed by atoms with Crippen LogP contribution in [0.4, 0.5) is 0 Å². The van der Waals surface area contributed by atoms with Crippen LogP contribution in [-0.2, 0) is 13.5 Å². The summed E-state index contributed by atoms with van der Waals surface area (Å²) in [6.07, 6.45) is 4.52. The van der Waals surface area contributed by atoms with Gasteiger partial charge in [0.1, 0.15) is 5.82 Å². The Morgan fingerprint density at radius 2 is 1.77 bits per heavy atom. The largest absolute Gasteiger partial charge is 0.318 e. The molecule has 130 valence electrons. The predicted molar refractivity (Wildman–Crippen MR) is 103 cm³/mol. The van der Waals surface area contributed by atoms with Gasteiger partial charge in [-0.25, -0.2) is 0 Å². The van der Waals surface area contributed by atoms with Crippen molar-refractivity contribution in [2.45, 2.75) is 13.3 Å². The third kappa shape index (κ3) is 3.02. The first-order chi connectivity index (χ1) is 12.5. The van der Waals surface area contributed by atoms with Gasteiger partial charge in [-0.15, -0.1) is 10.2 Å². The van der Waals surface area contributed by atoms with Gasteiger partial charge in [-0.3, -0.25) is 9.20 Å². The molecular formula is C20H17ClN4O. The van der Waals surface area contributed by atoms with E-state index in [1.165, 1.54) is 0 Å². The van der Waals surface area contributed by atoms with Crippen molar-refractivity contribution in [3.8, 4) is 11.1 Å². The fraction of sp³-hybridized carbons (Fsp3) is 0.150. The zero-order chi connectivity index (χ0) is 18.3. The molecule has 0 amide bonds. The van der Waals surface area contributed by atoms with E-state index in [9.17, 15) is 4.79 Å². The van der Waals surface area contributed by atoms with Crippen LogP contribution in [-0.4, -0.2) is 19.2 Å². The fourth-order valence-electron chi connectivity index (χ4n) is 3.05. The van der Waals surface area contributed by atoms with Crippen LogP contribution in [0.25, 0.3) is 16.8 Å². The molecule has 6 heteroatoms. The molecule has 0 unspecified atom stereocenters. The van der Waals surface area contributed by atoms with E-state index in [1.54, 1.807) is 11.6 Å². The van der Waals surface area contributed by atoms with Crippen molar-refractivity contribution < 1.29 is 0 Å². The minimum atomic E-state index is 0.0163. The van der Waals surface area contributed by atoms with Crippen molar-refractivity contribution in [2.75, 3.05) is 0 Å². The van der Waals surface area contributed by atoms with E-state index < -0.39 is 0 Å². The third-order valence-corrected chi connectivity index (χ3v) is 4.70. The molecule has 0 fully saturated rings. The van der Waals surface area contributed by atoms with Gasteiger partial charge >= 0.3 is 0 Å². The molecule has 0 spiro atoms. The molecule has 4 rings (SSSR count). The van der Waals surface area contributed by atoms with Crippen molar-refractivity contribution in [2.24, 2.45) is 7.05 Å². The first-order valence-corrected chi connectivity index (χ1v) is 8.65. The topological polar surface area (TPSA) is 52.2 Å². The van der Waals surface area contributed by atoms with Crippen LogP contribution < -0.4 is 5.56 Å². The maximum absolute atomic E-state index is 11.9. The Morgan fingerprint density at radius 3 is 2.50 bits per heavy atom. The van der Waals surface area contributed by atoms with Crippen molar-refractivity contribution in [3.63, 3.8) is 0 Å². The normalized spacial score (nSPS) is 11.2. The SMILES string of the molecule is Cc1cc(-c2ccc3nnc(Cc4ccc(Cl)cc4)n3c2)cn(C)c1=O. The number of rotatable bonds is 3. The molecule has 0 radical (unpaired) electrons. The van der Waals surface area contributed by atoms with E-state index in [-0.39, 0.29) is 5.56 Å². The smallest absolute Gasteiger partial charge is 0.253 e. The Hall–Kier alpha value is -2.92. The number of aryl methyl sites for hydroxylation is 2. The molecule has 0 atom stereocenters. The Labute approximate surface area is 155 Å². The minimum absolute atomic E-state index is 0.0163. The number of fused-ring (bicyclic) bond motifs is 1. The van der Waals surface area contributed by atoms with Crippen molar-refractivity contribution in [1.82, 2.24) is 19.2 Å². The molecule has 0 aliphatic rings. The summed E-state index contributed by atoms with van der Waals surface area (Å²) >= 11 is 5.96. The van der Waals surface area contributed by atoms with E-state index >= 15 is 0 Å². The van der Waals surface area contributed by atoms with Gasteiger partial charge in [0.25, 0.3) is 5.56 Å². The van der Waals surface area contributed by atoms with Crippen LogP contribution in [0, 0.1) is 6.92 Å². The lowest BCUT2D eigenvalue weighted by molar-refractivity contribution is 0.850. The lowest BCUT2D eigenvalue weighted by Crippen LogP contribution is -2.18. The summed E-state index contributed by atoms with van der Waals surface area (Å²) in [5.41, 5.74) is 4.63. The Balaban J connectivity index is 1.77. The highest BCUT2D eigenvalue weighted by molar-refractivity contribution is 6.30. The lowest BCUT2D eigenvalue weighted by Gasteiger charge is -2.08. The van der Waals surface area contributed by atoms with E-state index in [1.807, 2.05) is 66.2 Å². The molecule has 0 aliphatic carbocycles. The molecule has 4 aromatic rings. The maximum atomic E-state index is 11.9. The number of hydrogen-bond donors (Lipinski definition) is 0. The summed E-state index contributed by atoms with van der Waals surface area (Å²) in [5, 5.41) is 9.28. The second kappa shape index (κ2) is 6.42. The average molecular weight is 365 g/mol. The van der Waals surface area contributed by atoms with Gasteiger partial charge in [-0.1, -0.05) is 23.7 Å². The molecule has 0 bridgehead atoms. The van der Waals surface area contributed by atoms with Gasteiger partial charge in [-0.2, -0.15) is 0 Å². The highest BCUT2D eigenvalue weighted by atomic mass is 35.5. The maximum Gasteiger partial charge on any atom is 0.253 e. The molecule has 0 saturated heterocycles. The minimum Gasteiger partial charge on any atom is -0.318 e. The molecule has 0 saturated carbocycles. The lowest BCUT2D eigenvalue weighted by atomic mass is 10.1. The van der Waals surface area contributed by atoms with Crippen molar-refractivity contribution >= 4 is 17.2 Å². The zero-order valence-corrected chi connectivity index (χ0v) is 15.2. The standard InChI is InChI=1S/C20H17ClN4O/c1-13-9-16(11-24(2)20(13)26)15-5-8-18-22-23-19(25(18)12-15)10-14-3-6-17(21)7-4-14/h3-9,11-12H,10H2,1-2H3. The second-order valence-electron chi connectivity index (χ2n) is 6.39. The highest BCUT2D eigenvalue weighted by Crippen LogP contribution is 2.21. The van der Waals surface area contributed by atoms with Crippen molar-refractivity contribution in [1.29, 1.82) is 0 Å². The molecule has 3 aromatic heterocycles. The van der Waals surface area contributed by atoms with Crippen LogP contribution in [0.5, 0.6) is 0 Å². The summed E-state index contributed by atoms with van der Waals surface area (Å²) in [6, 6.07) is 13.6. The van der Waals surface area contributed by atoms with Crippen LogP contribution in [0.1, 0.15) is 17.0 Å². The molecular weight excluding hydrogens is 348 g/mol. The third-order valence-electron chi connectivity index (χ3n) is 4.44. The summed E-state index contributed by atoms with van der Waals surface area (Å²) in [5.74, 6) is 0.853. The summed E-state index contributed by atoms with van der Waals surface area (Å²) in [6.45, 7) is 1.83. The van der Waals surface area contributed by atoms with E-state index in [0.29, 0.717) is 11.4 Å². The van der Waals surface area contributed by atoms with Gasteiger partial charge in [0.15, 0.2) is 5.65 Å². The predicted octanol–water partition coefficient (Wildman–Crippen LogP) is 3.65. The average Bonchev–Trinajstić information content (AvgIpc) is 3.03. The first kappa shape index (κ1) is 16.5. The summed E-state index contributed by atoms with van der Waals surface area (Å²) in [7, 11) is 1.77. The second-order valence-corrected chi connectivity index (χ2v) is 6.83. The highest BCUT2D eigenvalue weighted by Gasteiger charge is 2.09. The fourth-order valence-corrected chi connectivity index (χ4v) is 3.18. The van der Waals surface area contributed by atoms with Gasteiger partial charge in [0, 0.05) is 36.4 Å². The van der Waals surface area contributed by atoms with Crippen molar-refractivity contribution in [3.05, 3.63) is 87.2 Å². The quantitative estimate of drug-likeness (QED) is 0.557. The number of pyridine rings is 2. The van der Waals surface area contributed by atoms with E-state index in [2.05, 4.69) is 10.2 Å². The summed E-state index contributed by atoms with van der Waals surface area (Å²) < 4.78 is 3.60. The van der Waals surface area contributed by atoms with Crippen LogP contribution >= 0.6 is 11.6 Å². The van der Waals surface area contributed by atoms with Crippen LogP contribution in [0.3, 0.4) is 0 Å². The Bertz CT molecular complexity index is 1130. The Morgan fingerprint density at radius 1 is 1.00 bits per heavy atom. The summed E-state index contributed by atoms with van der Waals surface area (Å²) in [4.78, 5) is 11.9. The Kier molecular flexibility index (Phi) is 4.09. The van der Waals surface area contributed by atoms with Gasteiger partial charge in [0.2, 0.25) is 0 Å².